The van der Waals surface area contributed by atoms with Gasteiger partial charge in [-0.15, -0.1) is 5.10 Å². The van der Waals surface area contributed by atoms with Crippen LogP contribution in [0.4, 0.5) is 0 Å². The summed E-state index contributed by atoms with van der Waals surface area (Å²) in [5.74, 6) is 0. The minimum absolute atomic E-state index is 0.709. The maximum absolute atomic E-state index is 5.89. The molecule has 0 saturated carbocycles. The van der Waals surface area contributed by atoms with Crippen molar-refractivity contribution in [3.05, 3.63) is 46.7 Å². The third kappa shape index (κ3) is 3.05. The lowest BCUT2D eigenvalue weighted by molar-refractivity contribution is 0.674. The van der Waals surface area contributed by atoms with Crippen molar-refractivity contribution in [1.82, 2.24) is 20.3 Å². The molecule has 0 radical (unpaired) electrons. The van der Waals surface area contributed by atoms with Crippen LogP contribution < -0.4 is 5.32 Å². The SMILES string of the molecule is Cn1cc(CNCc2cccc(Cl)c2)nn1. The average molecular weight is 237 g/mol. The molecule has 0 aliphatic carbocycles. The highest BCUT2D eigenvalue weighted by Crippen LogP contribution is 2.10. The number of hydrogen-bond acceptors (Lipinski definition) is 3. The van der Waals surface area contributed by atoms with Gasteiger partial charge in [0.05, 0.1) is 5.69 Å². The zero-order valence-electron chi connectivity index (χ0n) is 9.02. The number of nitrogens with one attached hydrogen (secondary N) is 1. The van der Waals surface area contributed by atoms with E-state index in [4.69, 9.17) is 11.6 Å². The van der Waals surface area contributed by atoms with Gasteiger partial charge in [-0.1, -0.05) is 28.9 Å². The van der Waals surface area contributed by atoms with Crippen LogP contribution in [-0.4, -0.2) is 15.0 Å². The summed E-state index contributed by atoms with van der Waals surface area (Å²) in [5, 5.41) is 11.9. The lowest BCUT2D eigenvalue weighted by atomic mass is 10.2. The molecule has 1 aromatic carbocycles. The highest BCUT2D eigenvalue weighted by molar-refractivity contribution is 6.30. The number of rotatable bonds is 4. The first-order valence-corrected chi connectivity index (χ1v) is 5.42. The van der Waals surface area contributed by atoms with Gasteiger partial charge in [-0.25, -0.2) is 0 Å². The van der Waals surface area contributed by atoms with Crippen LogP contribution in [0.5, 0.6) is 0 Å². The van der Waals surface area contributed by atoms with E-state index in [0.717, 1.165) is 22.8 Å². The van der Waals surface area contributed by atoms with Gasteiger partial charge in [-0.2, -0.15) is 0 Å². The molecule has 1 aromatic heterocycles. The quantitative estimate of drug-likeness (QED) is 0.880. The van der Waals surface area contributed by atoms with E-state index in [-0.39, 0.29) is 0 Å². The fourth-order valence-electron chi connectivity index (χ4n) is 1.46. The Morgan fingerprint density at radius 2 is 2.25 bits per heavy atom. The number of aryl methyl sites for hydroxylation is 1. The van der Waals surface area contributed by atoms with Crippen LogP contribution in [0.15, 0.2) is 30.5 Å². The number of aromatic nitrogens is 3. The molecule has 2 rings (SSSR count). The highest BCUT2D eigenvalue weighted by atomic mass is 35.5. The largest absolute Gasteiger partial charge is 0.307 e. The molecule has 0 amide bonds. The first-order chi connectivity index (χ1) is 7.74. The molecule has 0 saturated heterocycles. The van der Waals surface area contributed by atoms with Gasteiger partial charge in [0.1, 0.15) is 0 Å². The van der Waals surface area contributed by atoms with Gasteiger partial charge >= 0.3 is 0 Å². The summed E-state index contributed by atoms with van der Waals surface area (Å²) in [6.45, 7) is 1.48. The summed E-state index contributed by atoms with van der Waals surface area (Å²) in [4.78, 5) is 0. The second kappa shape index (κ2) is 5.09. The van der Waals surface area contributed by atoms with Crippen molar-refractivity contribution in [2.75, 3.05) is 0 Å². The third-order valence-corrected chi connectivity index (χ3v) is 2.41. The maximum Gasteiger partial charge on any atom is 0.0964 e. The van der Waals surface area contributed by atoms with Crippen molar-refractivity contribution in [2.45, 2.75) is 13.1 Å². The Morgan fingerprint density at radius 3 is 2.94 bits per heavy atom. The fourth-order valence-corrected chi connectivity index (χ4v) is 1.67. The standard InChI is InChI=1S/C11H13ClN4/c1-16-8-11(14-15-16)7-13-6-9-3-2-4-10(12)5-9/h2-5,8,13H,6-7H2,1H3. The molecular formula is C11H13ClN4. The van der Waals surface area contributed by atoms with Crippen LogP contribution in [0, 0.1) is 0 Å². The summed E-state index contributed by atoms with van der Waals surface area (Å²) in [7, 11) is 1.85. The molecule has 0 atom stereocenters. The van der Waals surface area contributed by atoms with Gasteiger partial charge in [-0.3, -0.25) is 4.68 Å². The second-order valence-corrected chi connectivity index (χ2v) is 4.05. The minimum atomic E-state index is 0.709. The van der Waals surface area contributed by atoms with Crippen molar-refractivity contribution in [3.8, 4) is 0 Å². The monoisotopic (exact) mass is 236 g/mol. The molecule has 4 nitrogen and oxygen atoms in total. The summed E-state index contributed by atoms with van der Waals surface area (Å²) >= 11 is 5.89. The van der Waals surface area contributed by atoms with Gasteiger partial charge in [0.2, 0.25) is 0 Å². The molecule has 84 valence electrons. The van der Waals surface area contributed by atoms with Crippen molar-refractivity contribution < 1.29 is 0 Å². The Morgan fingerprint density at radius 1 is 1.38 bits per heavy atom. The topological polar surface area (TPSA) is 42.7 Å². The molecule has 0 unspecified atom stereocenters. The van der Waals surface area contributed by atoms with Crippen LogP contribution in [0.3, 0.4) is 0 Å². The molecular weight excluding hydrogens is 224 g/mol. The van der Waals surface area contributed by atoms with Gasteiger partial charge in [0.25, 0.3) is 0 Å². The first kappa shape index (κ1) is 11.1. The minimum Gasteiger partial charge on any atom is -0.307 e. The molecule has 0 bridgehead atoms. The predicted molar refractivity (Wildman–Crippen MR) is 63.0 cm³/mol. The number of halogens is 1. The van der Waals surface area contributed by atoms with Crippen molar-refractivity contribution in [2.24, 2.45) is 7.05 Å². The Kier molecular flexibility index (Phi) is 3.54. The summed E-state index contributed by atoms with van der Waals surface area (Å²) in [5.41, 5.74) is 2.10. The van der Waals surface area contributed by atoms with Crippen molar-refractivity contribution in [1.29, 1.82) is 0 Å². The van der Waals surface area contributed by atoms with Crippen molar-refractivity contribution >= 4 is 11.6 Å². The van der Waals surface area contributed by atoms with Crippen LogP contribution in [0.2, 0.25) is 5.02 Å². The van der Waals surface area contributed by atoms with E-state index in [1.807, 2.05) is 37.5 Å². The molecule has 0 fully saturated rings. The third-order valence-electron chi connectivity index (χ3n) is 2.17. The maximum atomic E-state index is 5.89. The van der Waals surface area contributed by atoms with Crippen LogP contribution in [-0.2, 0) is 20.1 Å². The Bertz CT molecular complexity index is 467. The van der Waals surface area contributed by atoms with E-state index in [1.165, 1.54) is 0 Å². The molecule has 5 heteroatoms. The second-order valence-electron chi connectivity index (χ2n) is 3.62. The van der Waals surface area contributed by atoms with Gasteiger partial charge < -0.3 is 5.32 Å². The van der Waals surface area contributed by atoms with E-state index >= 15 is 0 Å². The summed E-state index contributed by atoms with van der Waals surface area (Å²) in [6, 6.07) is 7.80. The molecule has 0 spiro atoms. The molecule has 16 heavy (non-hydrogen) atoms. The summed E-state index contributed by atoms with van der Waals surface area (Å²) in [6.07, 6.45) is 1.89. The zero-order valence-corrected chi connectivity index (χ0v) is 9.78. The molecule has 1 N–H and O–H groups in total. The van der Waals surface area contributed by atoms with Crippen LogP contribution >= 0.6 is 11.6 Å². The summed E-state index contributed by atoms with van der Waals surface area (Å²) < 4.78 is 1.69. The number of hydrogen-bond donors (Lipinski definition) is 1. The average Bonchev–Trinajstić information content (AvgIpc) is 2.64. The van der Waals surface area contributed by atoms with E-state index in [2.05, 4.69) is 15.6 Å². The Balaban J connectivity index is 1.84. The fraction of sp³-hybridized carbons (Fsp3) is 0.273. The molecule has 2 aromatic rings. The van der Waals surface area contributed by atoms with E-state index < -0.39 is 0 Å². The molecule has 1 heterocycles. The van der Waals surface area contributed by atoms with Gasteiger partial charge in [-0.05, 0) is 17.7 Å². The Labute approximate surface area is 99.2 Å². The normalized spacial score (nSPS) is 10.6. The van der Waals surface area contributed by atoms with Crippen LogP contribution in [0.25, 0.3) is 0 Å². The predicted octanol–water partition coefficient (Wildman–Crippen LogP) is 1.76. The zero-order chi connectivity index (χ0) is 11.4. The van der Waals surface area contributed by atoms with Crippen molar-refractivity contribution in [3.63, 3.8) is 0 Å². The molecule has 0 aliphatic rings. The first-order valence-electron chi connectivity index (χ1n) is 5.04. The lowest BCUT2D eigenvalue weighted by Crippen LogP contribution is -2.12. The number of benzene rings is 1. The van der Waals surface area contributed by atoms with E-state index in [9.17, 15) is 0 Å². The van der Waals surface area contributed by atoms with Crippen LogP contribution in [0.1, 0.15) is 11.3 Å². The number of nitrogens with zero attached hydrogens (tertiary/aromatic N) is 3. The molecule has 0 aliphatic heterocycles. The van der Waals surface area contributed by atoms with E-state index in [1.54, 1.807) is 4.68 Å². The lowest BCUT2D eigenvalue weighted by Gasteiger charge is -2.02. The smallest absolute Gasteiger partial charge is 0.0964 e. The van der Waals surface area contributed by atoms with Gasteiger partial charge in [0, 0.05) is 31.4 Å². The van der Waals surface area contributed by atoms with Gasteiger partial charge in [0.15, 0.2) is 0 Å². The highest BCUT2D eigenvalue weighted by Gasteiger charge is 1.98. The van der Waals surface area contributed by atoms with E-state index in [0.29, 0.717) is 6.54 Å². The Hall–Kier alpha value is -1.39.